The zero-order valence-electron chi connectivity index (χ0n) is 17.3. The van der Waals surface area contributed by atoms with Crippen LogP contribution in [0, 0.1) is 0 Å². The van der Waals surface area contributed by atoms with Gasteiger partial charge < -0.3 is 14.6 Å². The average molecular weight is 407 g/mol. The Labute approximate surface area is 175 Å². The van der Waals surface area contributed by atoms with Crippen LogP contribution in [0.1, 0.15) is 48.4 Å². The fraction of sp³-hybridized carbons (Fsp3) is 0.304. The van der Waals surface area contributed by atoms with Gasteiger partial charge >= 0.3 is 5.97 Å². The summed E-state index contributed by atoms with van der Waals surface area (Å²) in [5.74, 6) is -0.173. The highest BCUT2D eigenvalue weighted by molar-refractivity contribution is 5.96. The molecule has 1 unspecified atom stereocenters. The molecule has 7 nitrogen and oxygen atoms in total. The molecule has 0 spiro atoms. The number of ether oxygens (including phenoxy) is 1. The number of nitrogens with one attached hydrogen (secondary N) is 1. The topological polar surface area (TPSA) is 94.3 Å². The molecule has 0 aliphatic heterocycles. The number of nitrogens with zero attached hydrogens (tertiary/aromatic N) is 2. The molecule has 0 bridgehead atoms. The van der Waals surface area contributed by atoms with Gasteiger partial charge in [-0.25, -0.2) is 4.79 Å². The van der Waals surface area contributed by atoms with Crippen molar-refractivity contribution in [2.75, 3.05) is 0 Å². The number of carbonyl (C=O) groups excluding carboxylic acids is 2. The van der Waals surface area contributed by atoms with Gasteiger partial charge in [0, 0.05) is 17.4 Å². The normalized spacial score (nSPS) is 12.2. The molecule has 0 aliphatic carbocycles. The maximum Gasteiger partial charge on any atom is 0.329 e. The zero-order chi connectivity index (χ0) is 21.6. The Morgan fingerprint density at radius 3 is 2.27 bits per heavy atom. The molecule has 30 heavy (non-hydrogen) atoms. The van der Waals surface area contributed by atoms with E-state index < -0.39 is 12.0 Å². The van der Waals surface area contributed by atoms with Crippen molar-refractivity contribution in [1.82, 2.24) is 15.5 Å². The summed E-state index contributed by atoms with van der Waals surface area (Å²) in [6, 6.07) is 17.3. The van der Waals surface area contributed by atoms with Gasteiger partial charge in [-0.15, -0.1) is 0 Å². The lowest BCUT2D eigenvalue weighted by atomic mass is 9.96. The van der Waals surface area contributed by atoms with Crippen LogP contribution in [-0.2, 0) is 28.0 Å². The van der Waals surface area contributed by atoms with Gasteiger partial charge in [0.25, 0.3) is 11.8 Å². The summed E-state index contributed by atoms with van der Waals surface area (Å²) in [5, 5.41) is 6.69. The van der Waals surface area contributed by atoms with Crippen molar-refractivity contribution >= 4 is 11.9 Å². The molecule has 0 radical (unpaired) electrons. The molecule has 0 aliphatic rings. The predicted octanol–water partition coefficient (Wildman–Crippen LogP) is 3.45. The molecule has 156 valence electrons. The Morgan fingerprint density at radius 2 is 1.67 bits per heavy atom. The molecular formula is C23H25N3O4. The summed E-state index contributed by atoms with van der Waals surface area (Å²) in [5.41, 5.74) is 1.10. The molecule has 1 atom stereocenters. The summed E-state index contributed by atoms with van der Waals surface area (Å²) in [6.07, 6.45) is 0.301. The monoisotopic (exact) mass is 407 g/mol. The van der Waals surface area contributed by atoms with E-state index in [4.69, 9.17) is 9.26 Å². The lowest BCUT2D eigenvalue weighted by molar-refractivity contribution is -0.148. The van der Waals surface area contributed by atoms with E-state index in [0.29, 0.717) is 17.8 Å². The maximum absolute atomic E-state index is 12.8. The first-order chi connectivity index (χ1) is 14.3. The van der Waals surface area contributed by atoms with Crippen LogP contribution in [0.4, 0.5) is 0 Å². The van der Waals surface area contributed by atoms with Gasteiger partial charge in [0.05, 0.1) is 0 Å². The quantitative estimate of drug-likeness (QED) is 0.603. The average Bonchev–Trinajstić information content (AvgIpc) is 3.22. The van der Waals surface area contributed by atoms with Gasteiger partial charge in [0.15, 0.2) is 12.4 Å². The van der Waals surface area contributed by atoms with Crippen LogP contribution in [0.2, 0.25) is 0 Å². The molecule has 0 fully saturated rings. The Bertz CT molecular complexity index is 978. The highest BCUT2D eigenvalue weighted by atomic mass is 16.6. The Balaban J connectivity index is 1.69. The summed E-state index contributed by atoms with van der Waals surface area (Å²) >= 11 is 0. The number of benzene rings is 2. The Hall–Kier alpha value is -3.48. The number of amides is 1. The molecule has 2 aromatic carbocycles. The summed E-state index contributed by atoms with van der Waals surface area (Å²) in [7, 11) is 0. The third-order valence-electron chi connectivity index (χ3n) is 4.39. The maximum atomic E-state index is 12.8. The van der Waals surface area contributed by atoms with E-state index in [-0.39, 0.29) is 23.8 Å². The minimum Gasteiger partial charge on any atom is -0.454 e. The molecule has 1 amide bonds. The standard InChI is InChI=1S/C23H25N3O4/c1-23(2,3)22-25-19(30-26-22)15-29-21(28)18(14-16-10-6-4-7-11-16)24-20(27)17-12-8-5-9-13-17/h4-13,18H,14-15H2,1-3H3,(H,24,27). The second kappa shape index (κ2) is 9.35. The van der Waals surface area contributed by atoms with E-state index >= 15 is 0 Å². The summed E-state index contributed by atoms with van der Waals surface area (Å²) < 4.78 is 10.5. The van der Waals surface area contributed by atoms with Crippen LogP contribution in [0.3, 0.4) is 0 Å². The fourth-order valence-electron chi connectivity index (χ4n) is 2.73. The van der Waals surface area contributed by atoms with Crippen LogP contribution in [0.5, 0.6) is 0 Å². The van der Waals surface area contributed by atoms with Gasteiger partial charge in [0.1, 0.15) is 6.04 Å². The van der Waals surface area contributed by atoms with Crippen LogP contribution >= 0.6 is 0 Å². The number of esters is 1. The number of hydrogen-bond donors (Lipinski definition) is 1. The first kappa shape index (κ1) is 21.2. The van der Waals surface area contributed by atoms with E-state index in [2.05, 4.69) is 15.5 Å². The van der Waals surface area contributed by atoms with Crippen LogP contribution in [0.25, 0.3) is 0 Å². The van der Waals surface area contributed by atoms with Gasteiger partial charge in [0.2, 0.25) is 0 Å². The van der Waals surface area contributed by atoms with Crippen LogP contribution in [0.15, 0.2) is 65.2 Å². The van der Waals surface area contributed by atoms with E-state index in [9.17, 15) is 9.59 Å². The molecular weight excluding hydrogens is 382 g/mol. The molecule has 3 aromatic rings. The van der Waals surface area contributed by atoms with Gasteiger partial charge in [-0.05, 0) is 17.7 Å². The second-order valence-corrected chi connectivity index (χ2v) is 7.95. The first-order valence-electron chi connectivity index (χ1n) is 9.72. The molecule has 1 aromatic heterocycles. The van der Waals surface area contributed by atoms with Crippen molar-refractivity contribution in [2.24, 2.45) is 0 Å². The summed E-state index contributed by atoms with van der Waals surface area (Å²) in [4.78, 5) is 29.6. The van der Waals surface area contributed by atoms with Crippen molar-refractivity contribution in [3.05, 3.63) is 83.5 Å². The molecule has 3 rings (SSSR count). The van der Waals surface area contributed by atoms with Crippen molar-refractivity contribution in [2.45, 2.75) is 45.3 Å². The number of hydrogen-bond acceptors (Lipinski definition) is 6. The number of aromatic nitrogens is 2. The zero-order valence-corrected chi connectivity index (χ0v) is 17.3. The third kappa shape index (κ3) is 5.76. The molecule has 0 saturated carbocycles. The number of rotatable bonds is 7. The molecule has 7 heteroatoms. The third-order valence-corrected chi connectivity index (χ3v) is 4.39. The molecule has 1 N–H and O–H groups in total. The minimum atomic E-state index is -0.856. The minimum absolute atomic E-state index is 0.158. The smallest absolute Gasteiger partial charge is 0.329 e. The van der Waals surface area contributed by atoms with Crippen molar-refractivity contribution < 1.29 is 18.8 Å². The Morgan fingerprint density at radius 1 is 1.03 bits per heavy atom. The van der Waals surface area contributed by atoms with Gasteiger partial charge in [-0.1, -0.05) is 74.5 Å². The highest BCUT2D eigenvalue weighted by Gasteiger charge is 2.25. The van der Waals surface area contributed by atoms with Crippen molar-refractivity contribution in [3.63, 3.8) is 0 Å². The summed E-state index contributed by atoms with van der Waals surface area (Å²) in [6.45, 7) is 5.72. The van der Waals surface area contributed by atoms with E-state index in [1.165, 1.54) is 0 Å². The predicted molar refractivity (Wildman–Crippen MR) is 111 cm³/mol. The highest BCUT2D eigenvalue weighted by Crippen LogP contribution is 2.18. The second-order valence-electron chi connectivity index (χ2n) is 7.95. The lowest BCUT2D eigenvalue weighted by Crippen LogP contribution is -2.43. The lowest BCUT2D eigenvalue weighted by Gasteiger charge is -2.17. The van der Waals surface area contributed by atoms with Crippen molar-refractivity contribution in [1.29, 1.82) is 0 Å². The number of carbonyl (C=O) groups is 2. The van der Waals surface area contributed by atoms with Gasteiger partial charge in [-0.2, -0.15) is 4.98 Å². The SMILES string of the molecule is CC(C)(C)c1noc(COC(=O)C(Cc2ccccc2)NC(=O)c2ccccc2)n1. The molecule has 0 saturated heterocycles. The van der Waals surface area contributed by atoms with Crippen molar-refractivity contribution in [3.8, 4) is 0 Å². The largest absolute Gasteiger partial charge is 0.454 e. The molecule has 1 heterocycles. The van der Waals surface area contributed by atoms with E-state index in [1.54, 1.807) is 24.3 Å². The van der Waals surface area contributed by atoms with E-state index in [0.717, 1.165) is 5.56 Å². The Kier molecular flexibility index (Phi) is 6.61. The van der Waals surface area contributed by atoms with Gasteiger partial charge in [-0.3, -0.25) is 4.79 Å². The first-order valence-corrected chi connectivity index (χ1v) is 9.72. The van der Waals surface area contributed by atoms with Crippen LogP contribution in [-0.4, -0.2) is 28.1 Å². The van der Waals surface area contributed by atoms with E-state index in [1.807, 2.05) is 57.2 Å². The van der Waals surface area contributed by atoms with Crippen LogP contribution < -0.4 is 5.32 Å². The fourth-order valence-corrected chi connectivity index (χ4v) is 2.73.